The molecule has 3 aromatic rings. The second-order valence-electron chi connectivity index (χ2n) is 6.76. The summed E-state index contributed by atoms with van der Waals surface area (Å²) in [6.45, 7) is 0.334. The van der Waals surface area contributed by atoms with Crippen LogP contribution in [0.25, 0.3) is 11.1 Å². The summed E-state index contributed by atoms with van der Waals surface area (Å²) in [5, 5.41) is 9.92. The van der Waals surface area contributed by atoms with Gasteiger partial charge in [0.2, 0.25) is 5.91 Å². The number of nitrogens with zero attached hydrogens (tertiary/aromatic N) is 1. The number of carbonyl (C=O) groups excluding carboxylic acids is 2. The lowest BCUT2D eigenvalue weighted by Crippen LogP contribution is -2.38. The van der Waals surface area contributed by atoms with Crippen LogP contribution in [0, 0.1) is 0 Å². The van der Waals surface area contributed by atoms with Crippen molar-refractivity contribution >= 4 is 29.3 Å². The van der Waals surface area contributed by atoms with E-state index < -0.39 is 12.3 Å². The van der Waals surface area contributed by atoms with E-state index in [1.165, 1.54) is 7.05 Å². The first-order valence-corrected chi connectivity index (χ1v) is 10.2. The van der Waals surface area contributed by atoms with Gasteiger partial charge >= 0.3 is 6.09 Å². The fourth-order valence-electron chi connectivity index (χ4n) is 2.92. The second kappa shape index (κ2) is 11.2. The summed E-state index contributed by atoms with van der Waals surface area (Å²) in [6, 6.07) is 24.7. The molecule has 2 N–H and O–H groups in total. The smallest absolute Gasteiger partial charge is 0.413 e. The summed E-state index contributed by atoms with van der Waals surface area (Å²) in [7, 11) is 1.40. The highest BCUT2D eigenvalue weighted by molar-refractivity contribution is 6.31. The standard InChI is InChI=1S/C24H23ClN3O3/c1-26-22(29)15-23(27-16-19-9-5-6-10-21(19)25)31-24(30)28-20-13-11-18(12-14-20)17-7-3-2-4-8-17/h2-14,23,27H,15-16H2,1H3,(H,28,30). The van der Waals surface area contributed by atoms with E-state index in [4.69, 9.17) is 16.3 Å². The molecule has 1 radical (unpaired) electrons. The topological polar surface area (TPSA) is 81.5 Å². The number of hydrogen-bond donors (Lipinski definition) is 2. The van der Waals surface area contributed by atoms with Crippen LogP contribution in [-0.4, -0.2) is 25.3 Å². The molecule has 2 amide bonds. The maximum absolute atomic E-state index is 12.4. The Kier molecular flexibility index (Phi) is 8.04. The van der Waals surface area contributed by atoms with Crippen LogP contribution in [0.1, 0.15) is 12.0 Å². The van der Waals surface area contributed by atoms with Crippen LogP contribution in [0.2, 0.25) is 5.02 Å². The lowest BCUT2D eigenvalue weighted by molar-refractivity contribution is -0.123. The van der Waals surface area contributed by atoms with Crippen molar-refractivity contribution in [3.05, 3.63) is 89.4 Å². The summed E-state index contributed by atoms with van der Waals surface area (Å²) in [4.78, 5) is 24.2. The SMILES string of the molecule is C[N]C(=O)CC(NCc1ccccc1Cl)OC(=O)Nc1ccc(-c2ccccc2)cc1. The zero-order valence-corrected chi connectivity index (χ0v) is 17.8. The molecule has 0 aliphatic carbocycles. The van der Waals surface area contributed by atoms with Gasteiger partial charge in [-0.05, 0) is 34.9 Å². The minimum absolute atomic E-state index is 0.0820. The first-order chi connectivity index (χ1) is 15.0. The zero-order chi connectivity index (χ0) is 22.1. The molecule has 0 saturated heterocycles. The Morgan fingerprint density at radius 2 is 1.58 bits per heavy atom. The molecule has 3 rings (SSSR count). The van der Waals surface area contributed by atoms with E-state index in [0.29, 0.717) is 17.3 Å². The lowest BCUT2D eigenvalue weighted by atomic mass is 10.1. The number of amides is 2. The minimum atomic E-state index is -0.851. The summed E-state index contributed by atoms with van der Waals surface area (Å²) >= 11 is 6.17. The number of benzene rings is 3. The van der Waals surface area contributed by atoms with Gasteiger partial charge in [0.25, 0.3) is 0 Å². The van der Waals surface area contributed by atoms with Gasteiger partial charge in [0.05, 0.1) is 6.42 Å². The second-order valence-corrected chi connectivity index (χ2v) is 7.16. The number of rotatable bonds is 8. The Bertz CT molecular complexity index is 1010. The highest BCUT2D eigenvalue weighted by Gasteiger charge is 2.18. The van der Waals surface area contributed by atoms with Crippen LogP contribution in [0.4, 0.5) is 10.5 Å². The molecule has 0 fully saturated rings. The normalized spacial score (nSPS) is 11.4. The number of hydrogen-bond acceptors (Lipinski definition) is 4. The third-order valence-corrected chi connectivity index (χ3v) is 4.94. The highest BCUT2D eigenvalue weighted by Crippen LogP contribution is 2.21. The van der Waals surface area contributed by atoms with Gasteiger partial charge in [0.15, 0.2) is 6.23 Å². The molecule has 159 valence electrons. The quantitative estimate of drug-likeness (QED) is 0.496. The third-order valence-electron chi connectivity index (χ3n) is 4.58. The predicted molar refractivity (Wildman–Crippen MR) is 122 cm³/mol. The van der Waals surface area contributed by atoms with E-state index in [2.05, 4.69) is 16.0 Å². The van der Waals surface area contributed by atoms with Crippen molar-refractivity contribution in [1.82, 2.24) is 10.6 Å². The van der Waals surface area contributed by atoms with E-state index in [9.17, 15) is 9.59 Å². The Morgan fingerprint density at radius 1 is 0.935 bits per heavy atom. The van der Waals surface area contributed by atoms with Crippen LogP contribution < -0.4 is 16.0 Å². The molecule has 0 saturated carbocycles. The van der Waals surface area contributed by atoms with Crippen LogP contribution in [0.3, 0.4) is 0 Å². The van der Waals surface area contributed by atoms with E-state index >= 15 is 0 Å². The molecular formula is C24H23ClN3O3. The third kappa shape index (κ3) is 6.84. The molecular weight excluding hydrogens is 414 g/mol. The van der Waals surface area contributed by atoms with Gasteiger partial charge in [-0.1, -0.05) is 72.3 Å². The number of carbonyl (C=O) groups is 2. The average molecular weight is 437 g/mol. The molecule has 31 heavy (non-hydrogen) atoms. The fraction of sp³-hybridized carbons (Fsp3) is 0.167. The number of halogens is 1. The highest BCUT2D eigenvalue weighted by atomic mass is 35.5. The van der Waals surface area contributed by atoms with E-state index in [1.54, 1.807) is 18.2 Å². The zero-order valence-electron chi connectivity index (χ0n) is 17.0. The monoisotopic (exact) mass is 436 g/mol. The summed E-state index contributed by atoms with van der Waals surface area (Å²) in [5.41, 5.74) is 3.54. The lowest BCUT2D eigenvalue weighted by Gasteiger charge is -2.19. The van der Waals surface area contributed by atoms with E-state index in [1.807, 2.05) is 60.7 Å². The average Bonchev–Trinajstić information content (AvgIpc) is 2.79. The van der Waals surface area contributed by atoms with E-state index in [-0.39, 0.29) is 12.3 Å². The molecule has 1 atom stereocenters. The van der Waals surface area contributed by atoms with Gasteiger partial charge < -0.3 is 4.74 Å². The maximum Gasteiger partial charge on any atom is 0.413 e. The van der Waals surface area contributed by atoms with Crippen LogP contribution >= 0.6 is 11.6 Å². The van der Waals surface area contributed by atoms with Crippen molar-refractivity contribution < 1.29 is 14.3 Å². The van der Waals surface area contributed by atoms with Crippen LogP contribution in [-0.2, 0) is 16.1 Å². The minimum Gasteiger partial charge on any atom is -0.430 e. The van der Waals surface area contributed by atoms with Crippen molar-refractivity contribution in [1.29, 1.82) is 0 Å². The van der Waals surface area contributed by atoms with Gasteiger partial charge in [0.1, 0.15) is 0 Å². The molecule has 0 bridgehead atoms. The van der Waals surface area contributed by atoms with Crippen LogP contribution in [0.5, 0.6) is 0 Å². The maximum atomic E-state index is 12.4. The summed E-state index contributed by atoms with van der Waals surface area (Å²) in [6.07, 6.45) is -1.61. The van der Waals surface area contributed by atoms with E-state index in [0.717, 1.165) is 16.7 Å². The Morgan fingerprint density at radius 3 is 2.26 bits per heavy atom. The fourth-order valence-corrected chi connectivity index (χ4v) is 3.13. The number of ether oxygens (including phenoxy) is 1. The van der Waals surface area contributed by atoms with Gasteiger partial charge in [-0.25, -0.2) is 4.79 Å². The van der Waals surface area contributed by atoms with Crippen LogP contribution in [0.15, 0.2) is 78.9 Å². The first kappa shape index (κ1) is 22.3. The van der Waals surface area contributed by atoms with Crippen molar-refractivity contribution in [2.75, 3.05) is 12.4 Å². The Labute approximate surface area is 186 Å². The summed E-state index contributed by atoms with van der Waals surface area (Å²) in [5.74, 6) is -0.378. The molecule has 3 aromatic carbocycles. The molecule has 0 aromatic heterocycles. The molecule has 0 aliphatic heterocycles. The predicted octanol–water partition coefficient (Wildman–Crippen LogP) is 4.82. The summed E-state index contributed by atoms with van der Waals surface area (Å²) < 4.78 is 5.42. The largest absolute Gasteiger partial charge is 0.430 e. The molecule has 0 aliphatic rings. The van der Waals surface area contributed by atoms with Gasteiger partial charge in [0, 0.05) is 24.3 Å². The van der Waals surface area contributed by atoms with Crippen molar-refractivity contribution in [2.45, 2.75) is 19.2 Å². The molecule has 0 spiro atoms. The molecule has 1 unspecified atom stereocenters. The first-order valence-electron chi connectivity index (χ1n) is 9.77. The Balaban J connectivity index is 1.60. The van der Waals surface area contributed by atoms with Gasteiger partial charge in [-0.15, -0.1) is 0 Å². The number of anilines is 1. The van der Waals surface area contributed by atoms with Crippen molar-refractivity contribution in [3.63, 3.8) is 0 Å². The van der Waals surface area contributed by atoms with Gasteiger partial charge in [-0.3, -0.25) is 20.7 Å². The van der Waals surface area contributed by atoms with Crippen molar-refractivity contribution in [2.24, 2.45) is 0 Å². The Hall–Kier alpha value is -3.35. The molecule has 6 nitrogen and oxygen atoms in total. The van der Waals surface area contributed by atoms with Crippen molar-refractivity contribution in [3.8, 4) is 11.1 Å². The van der Waals surface area contributed by atoms with Gasteiger partial charge in [-0.2, -0.15) is 0 Å². The molecule has 7 heteroatoms. The molecule has 0 heterocycles. The number of nitrogens with one attached hydrogen (secondary N) is 2.